The molecule has 140 valence electrons. The Morgan fingerprint density at radius 1 is 0.679 bits per heavy atom. The zero-order chi connectivity index (χ0) is 19.3. The Morgan fingerprint density at radius 3 is 1.93 bits per heavy atom. The molecule has 0 bridgehead atoms. The van der Waals surface area contributed by atoms with Crippen molar-refractivity contribution in [3.05, 3.63) is 112 Å². The van der Waals surface area contributed by atoms with Crippen LogP contribution in [0.4, 0.5) is 0 Å². The predicted molar refractivity (Wildman–Crippen MR) is 125 cm³/mol. The minimum atomic E-state index is 0.988. The van der Waals surface area contributed by atoms with E-state index in [0.29, 0.717) is 0 Å². The van der Waals surface area contributed by atoms with Crippen LogP contribution in [0.3, 0.4) is 0 Å². The molecule has 0 aliphatic heterocycles. The Labute approximate surface area is 177 Å². The maximum Gasteiger partial charge on any atom is 0.105 e. The summed E-state index contributed by atoms with van der Waals surface area (Å²) in [5.41, 5.74) is 3.83. The molecule has 3 aromatic heterocycles. The van der Waals surface area contributed by atoms with E-state index in [1.165, 1.54) is 22.7 Å². The van der Waals surface area contributed by atoms with E-state index in [0.717, 1.165) is 16.6 Å². The van der Waals surface area contributed by atoms with Crippen LogP contribution in [0, 0.1) is 0 Å². The molecule has 1 aliphatic rings. The summed E-state index contributed by atoms with van der Waals surface area (Å²) in [4.78, 5) is 0. The molecule has 0 saturated carbocycles. The topological polar surface area (TPSA) is 25.8 Å². The number of benzene rings is 2. The van der Waals surface area contributed by atoms with Crippen LogP contribution >= 0.6 is 34.2 Å². The lowest BCUT2D eigenvalue weighted by Crippen LogP contribution is -1.76. The molecule has 0 amide bonds. The molecule has 1 aliphatic carbocycles. The van der Waals surface area contributed by atoms with Gasteiger partial charge in [0.2, 0.25) is 0 Å². The van der Waals surface area contributed by atoms with Gasteiger partial charge in [-0.15, -0.1) is 5.10 Å². The van der Waals surface area contributed by atoms with Gasteiger partial charge in [-0.05, 0) is 62.7 Å². The summed E-state index contributed by atoms with van der Waals surface area (Å²) in [7, 11) is 0. The van der Waals surface area contributed by atoms with E-state index < -0.39 is 0 Å². The van der Waals surface area contributed by atoms with Crippen LogP contribution < -0.4 is 0 Å². The fourth-order valence-electron chi connectivity index (χ4n) is 2.37. The highest BCUT2D eigenvalue weighted by atomic mass is 32.1. The molecular weight excluding hydrogens is 400 g/mol. The van der Waals surface area contributed by atoms with Crippen LogP contribution in [-0.2, 0) is 6.42 Å². The van der Waals surface area contributed by atoms with Crippen molar-refractivity contribution in [3.63, 3.8) is 0 Å². The first-order valence-electron chi connectivity index (χ1n) is 8.79. The number of hydrogen-bond donors (Lipinski definition) is 0. The Bertz CT molecular complexity index is 958. The van der Waals surface area contributed by atoms with E-state index in [4.69, 9.17) is 0 Å². The molecule has 0 saturated heterocycles. The molecule has 0 radical (unpaired) electrons. The first-order valence-corrected chi connectivity index (χ1v) is 11.5. The summed E-state index contributed by atoms with van der Waals surface area (Å²) in [6.45, 7) is 0. The van der Waals surface area contributed by atoms with Crippen molar-refractivity contribution in [1.82, 2.24) is 9.59 Å². The maximum absolute atomic E-state index is 3.89. The minimum absolute atomic E-state index is 0.988. The van der Waals surface area contributed by atoms with Gasteiger partial charge in [0, 0.05) is 0 Å². The standard InChI is InChI=1S/C9H8.C6H4N2S.2C4H4S/c1-2-5-9-7-3-6-8(9)4-1;1-2-4-6-5(3-1)7-8-9-6;2*1-2-4-5-3-1/h1-6H,7H2;1-4H;2*1-4H. The molecule has 0 fully saturated rings. The molecule has 2 aromatic carbocycles. The summed E-state index contributed by atoms with van der Waals surface area (Å²) in [6.07, 6.45) is 5.50. The monoisotopic (exact) mass is 420 g/mol. The fraction of sp³-hybridized carbons (Fsp3) is 0.0435. The Balaban J connectivity index is 0.000000112. The lowest BCUT2D eigenvalue weighted by atomic mass is 10.1. The van der Waals surface area contributed by atoms with Crippen LogP contribution in [0.1, 0.15) is 11.1 Å². The molecule has 3 heterocycles. The third kappa shape index (κ3) is 6.85. The smallest absolute Gasteiger partial charge is 0.105 e. The number of rotatable bonds is 0. The molecule has 2 nitrogen and oxygen atoms in total. The van der Waals surface area contributed by atoms with Crippen molar-refractivity contribution in [2.75, 3.05) is 0 Å². The minimum Gasteiger partial charge on any atom is -0.152 e. The second kappa shape index (κ2) is 12.0. The molecule has 5 aromatic rings. The van der Waals surface area contributed by atoms with E-state index in [9.17, 15) is 0 Å². The van der Waals surface area contributed by atoms with Gasteiger partial charge in [0.1, 0.15) is 5.52 Å². The molecule has 0 unspecified atom stereocenters. The highest BCUT2D eigenvalue weighted by molar-refractivity contribution is 7.12. The van der Waals surface area contributed by atoms with E-state index in [1.54, 1.807) is 22.7 Å². The number of fused-ring (bicyclic) bond motifs is 2. The average molecular weight is 421 g/mol. The van der Waals surface area contributed by atoms with Crippen LogP contribution in [0.2, 0.25) is 0 Å². The number of nitrogens with zero attached hydrogens (tertiary/aromatic N) is 2. The molecule has 0 spiro atoms. The van der Waals surface area contributed by atoms with Crippen LogP contribution in [0.5, 0.6) is 0 Å². The van der Waals surface area contributed by atoms with Gasteiger partial charge in [0.15, 0.2) is 0 Å². The number of thiophene rings is 2. The van der Waals surface area contributed by atoms with Crippen LogP contribution in [-0.4, -0.2) is 9.59 Å². The highest BCUT2D eigenvalue weighted by Gasteiger charge is 2.00. The summed E-state index contributed by atoms with van der Waals surface area (Å²) >= 11 is 4.85. The zero-order valence-electron chi connectivity index (χ0n) is 15.2. The Kier molecular flexibility index (Phi) is 8.62. The normalized spacial score (nSPS) is 10.6. The Morgan fingerprint density at radius 2 is 1.32 bits per heavy atom. The van der Waals surface area contributed by atoms with Gasteiger partial charge < -0.3 is 0 Å². The van der Waals surface area contributed by atoms with Crippen LogP contribution in [0.15, 0.2) is 100 Å². The largest absolute Gasteiger partial charge is 0.152 e. The Hall–Kier alpha value is -2.60. The summed E-state index contributed by atoms with van der Waals surface area (Å²) in [5.74, 6) is 0. The summed E-state index contributed by atoms with van der Waals surface area (Å²) in [6, 6.07) is 24.5. The van der Waals surface area contributed by atoms with Crippen molar-refractivity contribution in [2.45, 2.75) is 6.42 Å². The van der Waals surface area contributed by atoms with Crippen molar-refractivity contribution < 1.29 is 0 Å². The van der Waals surface area contributed by atoms with Crippen molar-refractivity contribution in [3.8, 4) is 0 Å². The molecule has 0 atom stereocenters. The van der Waals surface area contributed by atoms with Gasteiger partial charge in [0.05, 0.1) is 4.70 Å². The van der Waals surface area contributed by atoms with E-state index >= 15 is 0 Å². The first kappa shape index (κ1) is 20.1. The number of allylic oxidation sites excluding steroid dienone is 1. The molecule has 6 rings (SSSR count). The second-order valence-corrected chi connectivity index (χ2v) is 8.05. The number of hydrogen-bond acceptors (Lipinski definition) is 5. The fourth-order valence-corrected chi connectivity index (χ4v) is 3.84. The van der Waals surface area contributed by atoms with Crippen LogP contribution in [0.25, 0.3) is 16.3 Å². The molecule has 0 N–H and O–H groups in total. The third-order valence-electron chi connectivity index (χ3n) is 3.69. The lowest BCUT2D eigenvalue weighted by Gasteiger charge is -1.93. The summed E-state index contributed by atoms with van der Waals surface area (Å²) in [5, 5.41) is 12.1. The van der Waals surface area contributed by atoms with Gasteiger partial charge in [-0.25, -0.2) is 0 Å². The number of aromatic nitrogens is 2. The predicted octanol–water partition coefficient (Wildman–Crippen LogP) is 7.44. The lowest BCUT2D eigenvalue weighted by molar-refractivity contribution is 1.20. The molecule has 5 heteroatoms. The SMILES string of the molecule is C1=Cc2ccccc2C1.c1ccc2snnc2c1.c1ccsc1.c1ccsc1. The quantitative estimate of drug-likeness (QED) is 0.260. The first-order chi connectivity index (χ1) is 13.9. The molecule has 28 heavy (non-hydrogen) atoms. The van der Waals surface area contributed by atoms with Gasteiger partial charge in [0.25, 0.3) is 0 Å². The van der Waals surface area contributed by atoms with E-state index in [1.807, 2.05) is 70.1 Å². The molecular formula is C23H20N2S3. The summed E-state index contributed by atoms with van der Waals surface area (Å²) < 4.78 is 4.94. The van der Waals surface area contributed by atoms with E-state index in [2.05, 4.69) is 46.0 Å². The van der Waals surface area contributed by atoms with Gasteiger partial charge >= 0.3 is 0 Å². The van der Waals surface area contributed by atoms with Crippen molar-refractivity contribution in [2.24, 2.45) is 0 Å². The second-order valence-electron chi connectivity index (χ2n) is 5.63. The average Bonchev–Trinajstić information content (AvgIpc) is 3.56. The third-order valence-corrected chi connectivity index (χ3v) is 5.66. The highest BCUT2D eigenvalue weighted by Crippen LogP contribution is 2.17. The zero-order valence-corrected chi connectivity index (χ0v) is 17.7. The van der Waals surface area contributed by atoms with Gasteiger partial charge in [-0.3, -0.25) is 0 Å². The van der Waals surface area contributed by atoms with Gasteiger partial charge in [-0.1, -0.05) is 77.3 Å². The van der Waals surface area contributed by atoms with Gasteiger partial charge in [-0.2, -0.15) is 22.7 Å². The maximum atomic E-state index is 3.89. The van der Waals surface area contributed by atoms with E-state index in [-0.39, 0.29) is 0 Å². The van der Waals surface area contributed by atoms with Crippen molar-refractivity contribution in [1.29, 1.82) is 0 Å². The van der Waals surface area contributed by atoms with Crippen molar-refractivity contribution >= 4 is 50.5 Å².